The molecule has 1 aliphatic carbocycles. The standard InChI is InChI=1S/C47H91NO5/c1-6-9-12-15-16-21-28-41-52-44(50)31-34-47(35-36-47)33-25-27-38-48(39-40-49)37-26-20-19-24-32-46(4,5)45(51)53-42-43(29-22-17-13-10-7-2)30-23-18-14-11-8-3/h43,49H,6-42H2,1-5H3. The van der Waals surface area contributed by atoms with E-state index in [1.807, 2.05) is 0 Å². The van der Waals surface area contributed by atoms with Gasteiger partial charge in [-0.25, -0.2) is 0 Å². The van der Waals surface area contributed by atoms with Crippen molar-refractivity contribution < 1.29 is 24.2 Å². The maximum Gasteiger partial charge on any atom is 0.311 e. The second-order valence-corrected chi connectivity index (χ2v) is 17.8. The molecule has 0 bridgehead atoms. The van der Waals surface area contributed by atoms with Crippen molar-refractivity contribution in [2.24, 2.45) is 16.7 Å². The summed E-state index contributed by atoms with van der Waals surface area (Å²) in [5.41, 5.74) is -0.0496. The fourth-order valence-electron chi connectivity index (χ4n) is 7.93. The van der Waals surface area contributed by atoms with Crippen LogP contribution in [0.5, 0.6) is 0 Å². The van der Waals surface area contributed by atoms with Gasteiger partial charge < -0.3 is 19.5 Å². The van der Waals surface area contributed by atoms with E-state index in [1.165, 1.54) is 141 Å². The molecule has 0 aromatic carbocycles. The van der Waals surface area contributed by atoms with Crippen LogP contribution >= 0.6 is 0 Å². The maximum absolute atomic E-state index is 13.2. The van der Waals surface area contributed by atoms with Crippen LogP contribution in [0, 0.1) is 16.7 Å². The Balaban J connectivity index is 2.22. The second-order valence-electron chi connectivity index (χ2n) is 17.8. The first kappa shape index (κ1) is 49.9. The monoisotopic (exact) mass is 750 g/mol. The third kappa shape index (κ3) is 28.0. The topological polar surface area (TPSA) is 76.1 Å². The van der Waals surface area contributed by atoms with Crippen molar-refractivity contribution in [2.75, 3.05) is 39.5 Å². The lowest BCUT2D eigenvalue weighted by Crippen LogP contribution is -2.29. The number of esters is 2. The molecular formula is C47H91NO5. The van der Waals surface area contributed by atoms with Crippen LogP contribution in [-0.2, 0) is 19.1 Å². The molecule has 0 saturated heterocycles. The number of carbonyl (C=O) groups is 2. The number of carbonyl (C=O) groups excluding carboxylic acids is 2. The quantitative estimate of drug-likeness (QED) is 0.0496. The predicted molar refractivity (Wildman–Crippen MR) is 225 cm³/mol. The molecule has 0 aliphatic heterocycles. The lowest BCUT2D eigenvalue weighted by atomic mass is 9.86. The molecule has 314 valence electrons. The zero-order valence-electron chi connectivity index (χ0n) is 36.3. The molecular weight excluding hydrogens is 659 g/mol. The number of aliphatic hydroxyl groups excluding tert-OH is 1. The summed E-state index contributed by atoms with van der Waals surface area (Å²) in [4.78, 5) is 27.9. The molecule has 0 unspecified atom stereocenters. The summed E-state index contributed by atoms with van der Waals surface area (Å²) in [5.74, 6) is 0.491. The summed E-state index contributed by atoms with van der Waals surface area (Å²) < 4.78 is 11.5. The van der Waals surface area contributed by atoms with Gasteiger partial charge >= 0.3 is 11.9 Å². The minimum absolute atomic E-state index is 0.00405. The number of nitrogens with zero attached hydrogens (tertiary/aromatic N) is 1. The highest BCUT2D eigenvalue weighted by Crippen LogP contribution is 2.53. The van der Waals surface area contributed by atoms with Gasteiger partial charge in [-0.1, -0.05) is 149 Å². The molecule has 1 fully saturated rings. The summed E-state index contributed by atoms with van der Waals surface area (Å²) >= 11 is 0. The van der Waals surface area contributed by atoms with E-state index in [4.69, 9.17) is 9.47 Å². The number of aliphatic hydroxyl groups is 1. The van der Waals surface area contributed by atoms with E-state index in [1.54, 1.807) is 0 Å². The molecule has 1 aliphatic rings. The van der Waals surface area contributed by atoms with E-state index in [9.17, 15) is 14.7 Å². The normalized spacial score (nSPS) is 14.0. The molecule has 6 nitrogen and oxygen atoms in total. The van der Waals surface area contributed by atoms with Crippen molar-refractivity contribution in [3.8, 4) is 0 Å². The molecule has 1 rings (SSSR count). The molecule has 6 heteroatoms. The number of unbranched alkanes of at least 4 members (excludes halogenated alkanes) is 18. The van der Waals surface area contributed by atoms with Crippen LogP contribution in [0.1, 0.15) is 234 Å². The Bertz CT molecular complexity index is 842. The van der Waals surface area contributed by atoms with Crippen molar-refractivity contribution in [1.82, 2.24) is 4.90 Å². The van der Waals surface area contributed by atoms with Gasteiger partial charge in [0.05, 0.1) is 25.2 Å². The molecule has 0 amide bonds. The number of ether oxygens (including phenoxy) is 2. The van der Waals surface area contributed by atoms with Gasteiger partial charge in [-0.3, -0.25) is 9.59 Å². The molecule has 1 saturated carbocycles. The molecule has 1 N–H and O–H groups in total. The minimum Gasteiger partial charge on any atom is -0.466 e. The van der Waals surface area contributed by atoms with Gasteiger partial charge in [0, 0.05) is 13.0 Å². The van der Waals surface area contributed by atoms with E-state index >= 15 is 0 Å². The van der Waals surface area contributed by atoms with Crippen molar-refractivity contribution in [2.45, 2.75) is 234 Å². The van der Waals surface area contributed by atoms with E-state index in [0.29, 0.717) is 31.0 Å². The molecule has 0 spiro atoms. The maximum atomic E-state index is 13.2. The summed E-state index contributed by atoms with van der Waals surface area (Å²) in [5, 5.41) is 9.67. The largest absolute Gasteiger partial charge is 0.466 e. The van der Waals surface area contributed by atoms with Crippen LogP contribution < -0.4 is 0 Å². The summed E-state index contributed by atoms with van der Waals surface area (Å²) in [7, 11) is 0. The fraction of sp³-hybridized carbons (Fsp3) is 0.957. The Hall–Kier alpha value is -1.14. The number of hydrogen-bond donors (Lipinski definition) is 1. The van der Waals surface area contributed by atoms with Gasteiger partial charge in [-0.05, 0) is 102 Å². The van der Waals surface area contributed by atoms with Crippen LogP contribution in [0.4, 0.5) is 0 Å². The summed E-state index contributed by atoms with van der Waals surface area (Å²) in [6.45, 7) is 15.1. The van der Waals surface area contributed by atoms with E-state index < -0.39 is 5.41 Å². The first-order valence-electron chi connectivity index (χ1n) is 23.4. The SMILES string of the molecule is CCCCCCCCCOC(=O)CCC1(CCCCN(CCO)CCCCCCC(C)(C)C(=O)OCC(CCCCCCC)CCCCCCC)CC1. The number of rotatable bonds is 40. The minimum atomic E-state index is -0.428. The average Bonchev–Trinajstić information content (AvgIpc) is 3.92. The average molecular weight is 750 g/mol. The highest BCUT2D eigenvalue weighted by Gasteiger charge is 2.41. The molecule has 0 radical (unpaired) electrons. The predicted octanol–water partition coefficient (Wildman–Crippen LogP) is 13.2. The highest BCUT2D eigenvalue weighted by molar-refractivity contribution is 5.75. The molecule has 0 atom stereocenters. The third-order valence-corrected chi connectivity index (χ3v) is 12.1. The van der Waals surface area contributed by atoms with Crippen LogP contribution in [-0.4, -0.2) is 61.4 Å². The van der Waals surface area contributed by atoms with Gasteiger partial charge in [-0.2, -0.15) is 0 Å². The molecule has 53 heavy (non-hydrogen) atoms. The van der Waals surface area contributed by atoms with E-state index in [0.717, 1.165) is 71.0 Å². The first-order valence-corrected chi connectivity index (χ1v) is 23.4. The second kappa shape index (κ2) is 33.0. The number of hydrogen-bond acceptors (Lipinski definition) is 6. The van der Waals surface area contributed by atoms with E-state index in [2.05, 4.69) is 39.5 Å². The molecule has 0 heterocycles. The van der Waals surface area contributed by atoms with Crippen molar-refractivity contribution in [3.05, 3.63) is 0 Å². The van der Waals surface area contributed by atoms with Gasteiger partial charge in [0.15, 0.2) is 0 Å². The Kier molecular flexibility index (Phi) is 31.1. The van der Waals surface area contributed by atoms with Crippen LogP contribution in [0.15, 0.2) is 0 Å². The highest BCUT2D eigenvalue weighted by atomic mass is 16.5. The van der Waals surface area contributed by atoms with Crippen molar-refractivity contribution >= 4 is 11.9 Å². The zero-order chi connectivity index (χ0) is 38.9. The van der Waals surface area contributed by atoms with Crippen LogP contribution in [0.3, 0.4) is 0 Å². The Morgan fingerprint density at radius 1 is 0.623 bits per heavy atom. The lowest BCUT2D eigenvalue weighted by molar-refractivity contribution is -0.156. The summed E-state index contributed by atoms with van der Waals surface area (Å²) in [6.07, 6.45) is 37.0. The van der Waals surface area contributed by atoms with Gasteiger partial charge in [0.25, 0.3) is 0 Å². The Morgan fingerprint density at radius 3 is 1.70 bits per heavy atom. The van der Waals surface area contributed by atoms with Crippen molar-refractivity contribution in [3.63, 3.8) is 0 Å². The fourth-order valence-corrected chi connectivity index (χ4v) is 7.93. The van der Waals surface area contributed by atoms with Crippen LogP contribution in [0.2, 0.25) is 0 Å². The third-order valence-electron chi connectivity index (χ3n) is 12.1. The van der Waals surface area contributed by atoms with Gasteiger partial charge in [0.1, 0.15) is 0 Å². The Morgan fingerprint density at radius 2 is 1.13 bits per heavy atom. The zero-order valence-corrected chi connectivity index (χ0v) is 36.3. The van der Waals surface area contributed by atoms with E-state index in [-0.39, 0.29) is 18.5 Å². The van der Waals surface area contributed by atoms with Gasteiger partial charge in [0.2, 0.25) is 0 Å². The first-order chi connectivity index (χ1) is 25.7. The van der Waals surface area contributed by atoms with Crippen LogP contribution in [0.25, 0.3) is 0 Å². The molecule has 0 aromatic rings. The lowest BCUT2D eigenvalue weighted by Gasteiger charge is -2.25. The summed E-state index contributed by atoms with van der Waals surface area (Å²) in [6, 6.07) is 0. The smallest absolute Gasteiger partial charge is 0.311 e. The molecule has 0 aromatic heterocycles. The van der Waals surface area contributed by atoms with Gasteiger partial charge in [-0.15, -0.1) is 0 Å². The van der Waals surface area contributed by atoms with Crippen molar-refractivity contribution in [1.29, 1.82) is 0 Å². The Labute approximate surface area is 330 Å².